The smallest absolute Gasteiger partial charge is 0.416 e. The van der Waals surface area contributed by atoms with Crippen LogP contribution in [0.25, 0.3) is 22.4 Å². The maximum absolute atomic E-state index is 12.9. The van der Waals surface area contributed by atoms with Crippen molar-refractivity contribution < 1.29 is 32.2 Å². The second-order valence-corrected chi connectivity index (χ2v) is 8.82. The number of hydrogen-bond acceptors (Lipinski definition) is 4. The van der Waals surface area contributed by atoms with Gasteiger partial charge in [0, 0.05) is 23.5 Å². The van der Waals surface area contributed by atoms with Gasteiger partial charge < -0.3 is 18.8 Å². The number of aromatic carboxylic acids is 1. The van der Waals surface area contributed by atoms with Gasteiger partial charge in [0.25, 0.3) is 0 Å². The molecule has 184 valence electrons. The minimum Gasteiger partial charge on any atom is -0.493 e. The lowest BCUT2D eigenvalue weighted by atomic mass is 10.0. The summed E-state index contributed by atoms with van der Waals surface area (Å²) in [7, 11) is 1.69. The fourth-order valence-corrected chi connectivity index (χ4v) is 3.96. The molecule has 0 unspecified atom stereocenters. The third kappa shape index (κ3) is 4.89. The highest BCUT2D eigenvalue weighted by molar-refractivity contribution is 5.95. The number of aryl methyl sites for hydroxylation is 1. The van der Waals surface area contributed by atoms with E-state index in [9.17, 15) is 23.1 Å². The second kappa shape index (κ2) is 9.13. The number of oxazole rings is 1. The third-order valence-electron chi connectivity index (χ3n) is 5.87. The lowest BCUT2D eigenvalue weighted by Crippen LogP contribution is -2.09. The molecule has 2 aromatic heterocycles. The van der Waals surface area contributed by atoms with Crippen molar-refractivity contribution >= 4 is 16.9 Å². The molecule has 0 bridgehead atoms. The molecule has 0 fully saturated rings. The zero-order valence-electron chi connectivity index (χ0n) is 19.7. The molecule has 9 heteroatoms. The lowest BCUT2D eigenvalue weighted by molar-refractivity contribution is -0.137. The molecule has 0 saturated carbocycles. The van der Waals surface area contributed by atoms with E-state index in [1.807, 2.05) is 20.8 Å². The van der Waals surface area contributed by atoms with Crippen LogP contribution in [0.15, 0.2) is 52.9 Å². The molecule has 6 nitrogen and oxygen atoms in total. The minimum absolute atomic E-state index is 0.0366. The number of nitrogens with zero attached hydrogens (tertiary/aromatic N) is 2. The van der Waals surface area contributed by atoms with E-state index in [1.165, 1.54) is 12.1 Å². The molecule has 0 aliphatic rings. The largest absolute Gasteiger partial charge is 0.493 e. The van der Waals surface area contributed by atoms with Crippen LogP contribution in [0, 0.1) is 0 Å². The number of carboxylic acid groups (broad SMARTS) is 1. The number of carboxylic acids is 1. The number of carbonyl (C=O) groups is 1. The molecule has 0 aliphatic heterocycles. The predicted octanol–water partition coefficient (Wildman–Crippen LogP) is 6.86. The molecule has 0 aliphatic carbocycles. The first kappa shape index (κ1) is 24.4. The molecule has 0 spiro atoms. The van der Waals surface area contributed by atoms with E-state index in [0.29, 0.717) is 17.1 Å². The summed E-state index contributed by atoms with van der Waals surface area (Å²) in [4.78, 5) is 15.9. The zero-order chi connectivity index (χ0) is 25.5. The van der Waals surface area contributed by atoms with Crippen LogP contribution in [0.3, 0.4) is 0 Å². The van der Waals surface area contributed by atoms with Crippen molar-refractivity contribution in [2.45, 2.75) is 38.8 Å². The molecule has 2 heterocycles. The molecule has 0 saturated heterocycles. The van der Waals surface area contributed by atoms with Gasteiger partial charge in [0.1, 0.15) is 17.2 Å². The van der Waals surface area contributed by atoms with E-state index >= 15 is 0 Å². The number of aromatic nitrogens is 2. The van der Waals surface area contributed by atoms with Gasteiger partial charge in [-0.05, 0) is 54.4 Å². The molecule has 1 atom stereocenters. The molecule has 4 aromatic rings. The number of hydrogen-bond donors (Lipinski definition) is 1. The van der Waals surface area contributed by atoms with Crippen LogP contribution in [0.2, 0.25) is 0 Å². The van der Waals surface area contributed by atoms with E-state index in [4.69, 9.17) is 9.15 Å². The van der Waals surface area contributed by atoms with Gasteiger partial charge >= 0.3 is 12.1 Å². The Morgan fingerprint density at radius 2 is 1.80 bits per heavy atom. The van der Waals surface area contributed by atoms with Gasteiger partial charge in [-0.3, -0.25) is 0 Å². The second-order valence-electron chi connectivity index (χ2n) is 8.82. The first-order valence-corrected chi connectivity index (χ1v) is 11.1. The summed E-state index contributed by atoms with van der Waals surface area (Å²) in [5.74, 6) is 0.300. The van der Waals surface area contributed by atoms with Crippen molar-refractivity contribution in [2.75, 3.05) is 6.61 Å². The summed E-state index contributed by atoms with van der Waals surface area (Å²) in [6.07, 6.45) is -4.41. The van der Waals surface area contributed by atoms with Gasteiger partial charge in [0.2, 0.25) is 5.89 Å². The van der Waals surface area contributed by atoms with E-state index in [1.54, 1.807) is 35.9 Å². The highest BCUT2D eigenvalue weighted by Gasteiger charge is 2.30. The minimum atomic E-state index is -4.41. The molecule has 4 rings (SSSR count). The fraction of sp³-hybridized carbons (Fsp3) is 0.308. The lowest BCUT2D eigenvalue weighted by Gasteiger charge is -2.13. The fourth-order valence-electron chi connectivity index (χ4n) is 3.96. The first-order valence-electron chi connectivity index (χ1n) is 11.1. The third-order valence-corrected chi connectivity index (χ3v) is 5.87. The molecule has 2 aromatic carbocycles. The molecule has 35 heavy (non-hydrogen) atoms. The Morgan fingerprint density at radius 3 is 2.40 bits per heavy atom. The van der Waals surface area contributed by atoms with E-state index in [-0.39, 0.29) is 30.0 Å². The van der Waals surface area contributed by atoms with E-state index in [0.717, 1.165) is 28.7 Å². The van der Waals surface area contributed by atoms with Gasteiger partial charge in [0.15, 0.2) is 0 Å². The van der Waals surface area contributed by atoms with Crippen LogP contribution in [-0.4, -0.2) is 27.2 Å². The van der Waals surface area contributed by atoms with Crippen molar-refractivity contribution in [3.05, 3.63) is 71.2 Å². The number of alkyl halides is 3. The van der Waals surface area contributed by atoms with E-state index < -0.39 is 17.7 Å². The van der Waals surface area contributed by atoms with Crippen LogP contribution in [0.1, 0.15) is 60.1 Å². The van der Waals surface area contributed by atoms with Crippen molar-refractivity contribution in [1.29, 1.82) is 0 Å². The maximum atomic E-state index is 12.9. The normalized spacial score (nSPS) is 12.9. The number of rotatable bonds is 7. The summed E-state index contributed by atoms with van der Waals surface area (Å²) in [6, 6.07) is 11.7. The summed E-state index contributed by atoms with van der Waals surface area (Å²) < 4.78 is 52.3. The number of ether oxygens (including phenoxy) is 1. The average molecular weight is 486 g/mol. The SMILES string of the molecule is CC(C)c1nc(-c2ccc(C(F)(F)F)cc2)oc1[C@H](C)COc1ccc2c(c1)cc(C(=O)O)n2C. The van der Waals surface area contributed by atoms with E-state index in [2.05, 4.69) is 4.98 Å². The molecular weight excluding hydrogens is 461 g/mol. The average Bonchev–Trinajstić information content (AvgIpc) is 3.39. The van der Waals surface area contributed by atoms with Gasteiger partial charge in [-0.15, -0.1) is 0 Å². The molecule has 0 amide bonds. The van der Waals surface area contributed by atoms with Crippen molar-refractivity contribution in [3.63, 3.8) is 0 Å². The summed E-state index contributed by atoms with van der Waals surface area (Å²) in [6.45, 7) is 6.13. The number of halogens is 3. The summed E-state index contributed by atoms with van der Waals surface area (Å²) >= 11 is 0. The summed E-state index contributed by atoms with van der Waals surface area (Å²) in [5, 5.41) is 10.1. The van der Waals surface area contributed by atoms with Crippen molar-refractivity contribution in [2.24, 2.45) is 7.05 Å². The van der Waals surface area contributed by atoms with Crippen LogP contribution >= 0.6 is 0 Å². The zero-order valence-corrected chi connectivity index (χ0v) is 19.7. The Kier molecular flexibility index (Phi) is 6.36. The van der Waals surface area contributed by atoms with Gasteiger partial charge in [-0.25, -0.2) is 9.78 Å². The molecule has 0 radical (unpaired) electrons. The van der Waals surface area contributed by atoms with Crippen LogP contribution in [-0.2, 0) is 13.2 Å². The van der Waals surface area contributed by atoms with Gasteiger partial charge in [-0.1, -0.05) is 20.8 Å². The Hall–Kier alpha value is -3.75. The Bertz CT molecular complexity index is 1370. The number of fused-ring (bicyclic) bond motifs is 1. The maximum Gasteiger partial charge on any atom is 0.416 e. The summed E-state index contributed by atoms with van der Waals surface area (Å²) in [5.41, 5.74) is 1.42. The van der Waals surface area contributed by atoms with Gasteiger partial charge in [0.05, 0.1) is 23.8 Å². The topological polar surface area (TPSA) is 77.5 Å². The Balaban J connectivity index is 1.54. The van der Waals surface area contributed by atoms with Crippen LogP contribution in [0.5, 0.6) is 5.75 Å². The quantitative estimate of drug-likeness (QED) is 0.309. The standard InChI is InChI=1S/C26H25F3N2O4/c1-14(2)22-23(35-24(30-22)16-5-7-18(8-6-16)26(27,28)29)15(3)13-34-19-9-10-20-17(11-19)12-21(25(32)33)31(20)4/h5-12,14-15H,13H2,1-4H3,(H,32,33)/t15-/m1/s1. The molecular formula is C26H25F3N2O4. The Morgan fingerprint density at radius 1 is 1.11 bits per heavy atom. The first-order chi connectivity index (χ1) is 16.5. The highest BCUT2D eigenvalue weighted by Crippen LogP contribution is 2.34. The highest BCUT2D eigenvalue weighted by atomic mass is 19.4. The van der Waals surface area contributed by atoms with Gasteiger partial charge in [-0.2, -0.15) is 13.2 Å². The number of benzene rings is 2. The van der Waals surface area contributed by atoms with Crippen molar-refractivity contribution in [1.82, 2.24) is 9.55 Å². The van der Waals surface area contributed by atoms with Crippen LogP contribution in [0.4, 0.5) is 13.2 Å². The predicted molar refractivity (Wildman–Crippen MR) is 125 cm³/mol. The Labute approximate surface area is 200 Å². The monoisotopic (exact) mass is 486 g/mol. The van der Waals surface area contributed by atoms with Crippen LogP contribution < -0.4 is 4.74 Å². The molecule has 1 N–H and O–H groups in total. The van der Waals surface area contributed by atoms with Crippen molar-refractivity contribution in [3.8, 4) is 17.2 Å².